The Morgan fingerprint density at radius 2 is 1.88 bits per heavy atom. The maximum atomic E-state index is 12.8. The quantitative estimate of drug-likeness (QED) is 0.852. The van der Waals surface area contributed by atoms with Crippen molar-refractivity contribution in [3.05, 3.63) is 48.2 Å². The van der Waals surface area contributed by atoms with E-state index in [0.717, 1.165) is 11.3 Å². The van der Waals surface area contributed by atoms with Gasteiger partial charge in [0, 0.05) is 18.2 Å². The molecule has 0 saturated heterocycles. The van der Waals surface area contributed by atoms with E-state index in [9.17, 15) is 4.39 Å². The second-order valence-electron chi connectivity index (χ2n) is 3.40. The van der Waals surface area contributed by atoms with Crippen molar-refractivity contribution in [3.63, 3.8) is 0 Å². The van der Waals surface area contributed by atoms with Crippen LogP contribution in [0.15, 0.2) is 36.5 Å². The molecule has 2 N–H and O–H groups in total. The molecule has 2 rings (SSSR count). The molecule has 0 atom stereocenters. The van der Waals surface area contributed by atoms with Gasteiger partial charge in [0.25, 0.3) is 0 Å². The molecular formula is C12H12FN3. The fourth-order valence-corrected chi connectivity index (χ4v) is 1.43. The van der Waals surface area contributed by atoms with Crippen LogP contribution in [0.1, 0.15) is 5.82 Å². The van der Waals surface area contributed by atoms with Crippen LogP contribution in [0.25, 0.3) is 11.3 Å². The molecule has 1 aromatic heterocycles. The van der Waals surface area contributed by atoms with Crippen LogP contribution in [0.2, 0.25) is 0 Å². The number of hydrogen-bond acceptors (Lipinski definition) is 3. The molecule has 0 spiro atoms. The molecule has 0 amide bonds. The minimum atomic E-state index is -0.250. The van der Waals surface area contributed by atoms with Crippen LogP contribution in [0, 0.1) is 5.82 Å². The average Bonchev–Trinajstić information content (AvgIpc) is 2.31. The number of aromatic nitrogens is 2. The van der Waals surface area contributed by atoms with E-state index in [-0.39, 0.29) is 5.82 Å². The summed E-state index contributed by atoms with van der Waals surface area (Å²) >= 11 is 0. The van der Waals surface area contributed by atoms with Crippen LogP contribution in [0.4, 0.5) is 4.39 Å². The molecule has 0 aliphatic carbocycles. The van der Waals surface area contributed by atoms with E-state index < -0.39 is 0 Å². The predicted octanol–water partition coefficient (Wildman–Crippen LogP) is 1.78. The van der Waals surface area contributed by atoms with E-state index in [4.69, 9.17) is 5.73 Å². The zero-order valence-electron chi connectivity index (χ0n) is 8.73. The fourth-order valence-electron chi connectivity index (χ4n) is 1.43. The number of benzene rings is 1. The zero-order valence-corrected chi connectivity index (χ0v) is 8.73. The Hall–Kier alpha value is -1.81. The first kappa shape index (κ1) is 10.7. The predicted molar refractivity (Wildman–Crippen MR) is 60.2 cm³/mol. The van der Waals surface area contributed by atoms with Crippen molar-refractivity contribution in [2.75, 3.05) is 6.54 Å². The molecule has 16 heavy (non-hydrogen) atoms. The minimum Gasteiger partial charge on any atom is -0.330 e. The third-order valence-electron chi connectivity index (χ3n) is 2.21. The van der Waals surface area contributed by atoms with E-state index in [2.05, 4.69) is 9.97 Å². The van der Waals surface area contributed by atoms with Crippen molar-refractivity contribution in [1.29, 1.82) is 0 Å². The number of rotatable bonds is 3. The maximum absolute atomic E-state index is 12.8. The van der Waals surface area contributed by atoms with Gasteiger partial charge in [0.2, 0.25) is 0 Å². The lowest BCUT2D eigenvalue weighted by molar-refractivity contribution is 0.628. The number of hydrogen-bond donors (Lipinski definition) is 1. The number of halogens is 1. The Morgan fingerprint density at radius 3 is 2.56 bits per heavy atom. The Labute approximate surface area is 93.2 Å². The van der Waals surface area contributed by atoms with Crippen molar-refractivity contribution < 1.29 is 4.39 Å². The van der Waals surface area contributed by atoms with Crippen LogP contribution < -0.4 is 5.73 Å². The smallest absolute Gasteiger partial charge is 0.130 e. The van der Waals surface area contributed by atoms with E-state index in [1.807, 2.05) is 0 Å². The van der Waals surface area contributed by atoms with Crippen molar-refractivity contribution in [2.24, 2.45) is 5.73 Å². The summed E-state index contributed by atoms with van der Waals surface area (Å²) in [5.74, 6) is 0.462. The van der Waals surface area contributed by atoms with Gasteiger partial charge in [0.15, 0.2) is 0 Å². The molecule has 1 aromatic carbocycles. The largest absolute Gasteiger partial charge is 0.330 e. The molecular weight excluding hydrogens is 205 g/mol. The third kappa shape index (κ3) is 2.41. The van der Waals surface area contributed by atoms with Gasteiger partial charge in [-0.2, -0.15) is 0 Å². The van der Waals surface area contributed by atoms with E-state index in [0.29, 0.717) is 18.8 Å². The van der Waals surface area contributed by atoms with Gasteiger partial charge in [-0.05, 0) is 36.9 Å². The molecule has 0 saturated carbocycles. The molecule has 0 aliphatic rings. The van der Waals surface area contributed by atoms with Gasteiger partial charge in [-0.1, -0.05) is 0 Å². The van der Waals surface area contributed by atoms with Gasteiger partial charge < -0.3 is 5.73 Å². The number of nitrogens with two attached hydrogens (primary N) is 1. The van der Waals surface area contributed by atoms with Crippen molar-refractivity contribution in [2.45, 2.75) is 6.42 Å². The molecule has 2 aromatic rings. The standard InChI is InChI=1S/C12H12FN3/c13-10-3-1-9(2-4-10)11-6-8-15-12(16-11)5-7-14/h1-4,6,8H,5,7,14H2. The van der Waals surface area contributed by atoms with Crippen LogP contribution in [0.3, 0.4) is 0 Å². The van der Waals surface area contributed by atoms with Gasteiger partial charge in [-0.15, -0.1) is 0 Å². The zero-order chi connectivity index (χ0) is 11.4. The van der Waals surface area contributed by atoms with Crippen molar-refractivity contribution in [1.82, 2.24) is 9.97 Å². The molecule has 3 nitrogen and oxygen atoms in total. The lowest BCUT2D eigenvalue weighted by atomic mass is 10.1. The Balaban J connectivity index is 2.32. The van der Waals surface area contributed by atoms with E-state index in [1.54, 1.807) is 24.4 Å². The van der Waals surface area contributed by atoms with Crippen LogP contribution in [-0.4, -0.2) is 16.5 Å². The highest BCUT2D eigenvalue weighted by Crippen LogP contribution is 2.16. The van der Waals surface area contributed by atoms with E-state index >= 15 is 0 Å². The first-order chi connectivity index (χ1) is 7.79. The minimum absolute atomic E-state index is 0.250. The summed E-state index contributed by atoms with van der Waals surface area (Å²) < 4.78 is 12.8. The molecule has 4 heteroatoms. The second kappa shape index (κ2) is 4.81. The van der Waals surface area contributed by atoms with Gasteiger partial charge in [0.05, 0.1) is 5.69 Å². The third-order valence-corrected chi connectivity index (χ3v) is 2.21. The highest BCUT2D eigenvalue weighted by atomic mass is 19.1. The van der Waals surface area contributed by atoms with Gasteiger partial charge in [-0.3, -0.25) is 0 Å². The van der Waals surface area contributed by atoms with Gasteiger partial charge in [0.1, 0.15) is 11.6 Å². The average molecular weight is 217 g/mol. The summed E-state index contributed by atoms with van der Waals surface area (Å²) in [6.45, 7) is 0.521. The first-order valence-electron chi connectivity index (χ1n) is 5.07. The summed E-state index contributed by atoms with van der Waals surface area (Å²) in [6.07, 6.45) is 2.34. The summed E-state index contributed by atoms with van der Waals surface area (Å²) in [5.41, 5.74) is 7.11. The summed E-state index contributed by atoms with van der Waals surface area (Å²) in [4.78, 5) is 8.46. The molecule has 82 valence electrons. The normalized spacial score (nSPS) is 10.4. The van der Waals surface area contributed by atoms with Gasteiger partial charge in [-0.25, -0.2) is 14.4 Å². The molecule has 1 heterocycles. The van der Waals surface area contributed by atoms with Crippen molar-refractivity contribution >= 4 is 0 Å². The fraction of sp³-hybridized carbons (Fsp3) is 0.167. The summed E-state index contributed by atoms with van der Waals surface area (Å²) in [6, 6.07) is 8.03. The molecule has 0 radical (unpaired) electrons. The lowest BCUT2D eigenvalue weighted by Crippen LogP contribution is -2.06. The summed E-state index contributed by atoms with van der Waals surface area (Å²) in [7, 11) is 0. The van der Waals surface area contributed by atoms with E-state index in [1.165, 1.54) is 12.1 Å². The Morgan fingerprint density at radius 1 is 1.12 bits per heavy atom. The second-order valence-corrected chi connectivity index (χ2v) is 3.40. The van der Waals surface area contributed by atoms with Crippen LogP contribution in [-0.2, 0) is 6.42 Å². The van der Waals surface area contributed by atoms with Crippen LogP contribution >= 0.6 is 0 Å². The Kier molecular flexibility index (Phi) is 3.22. The van der Waals surface area contributed by atoms with Gasteiger partial charge >= 0.3 is 0 Å². The highest BCUT2D eigenvalue weighted by Gasteiger charge is 2.01. The summed E-state index contributed by atoms with van der Waals surface area (Å²) in [5, 5.41) is 0. The monoisotopic (exact) mass is 217 g/mol. The van der Waals surface area contributed by atoms with Crippen molar-refractivity contribution in [3.8, 4) is 11.3 Å². The molecule has 0 fully saturated rings. The topological polar surface area (TPSA) is 51.8 Å². The maximum Gasteiger partial charge on any atom is 0.130 e. The van der Waals surface area contributed by atoms with Crippen LogP contribution in [0.5, 0.6) is 0 Å². The highest BCUT2D eigenvalue weighted by molar-refractivity contribution is 5.58. The number of nitrogens with zero attached hydrogens (tertiary/aromatic N) is 2. The molecule has 0 unspecified atom stereocenters. The Bertz CT molecular complexity index is 468. The first-order valence-corrected chi connectivity index (χ1v) is 5.07. The molecule has 0 aliphatic heterocycles. The molecule has 0 bridgehead atoms. The SMILES string of the molecule is NCCc1nccc(-c2ccc(F)cc2)n1. The lowest BCUT2D eigenvalue weighted by Gasteiger charge is -2.02.